The van der Waals surface area contributed by atoms with Crippen LogP contribution in [-0.4, -0.2) is 79.3 Å². The third-order valence-corrected chi connectivity index (χ3v) is 28.3. The third-order valence-electron chi connectivity index (χ3n) is 28.3. The molecule has 0 saturated carbocycles. The number of hydrogen-bond acceptors (Lipinski definition) is 15. The largest absolute Gasteiger partial charge is 0.292 e. The molecule has 0 fully saturated rings. The van der Waals surface area contributed by atoms with Gasteiger partial charge in [0, 0.05) is 142 Å². The molecule has 0 aliphatic rings. The molecule has 0 radical (unpaired) electrons. The molecule has 0 aliphatic carbocycles. The van der Waals surface area contributed by atoms with E-state index in [-0.39, 0.29) is 0 Å². The monoisotopic (exact) mass is 1900 g/mol. The molecular formula is C133H80N16. The molecule has 13 aromatic heterocycles. The van der Waals surface area contributed by atoms with Gasteiger partial charge in [-0.05, 0) is 276 Å². The van der Waals surface area contributed by atoms with Crippen LogP contribution in [0.1, 0.15) is 0 Å². The summed E-state index contributed by atoms with van der Waals surface area (Å²) in [6.07, 6.45) is 12.9. The molecule has 149 heavy (non-hydrogen) atoms. The molecule has 692 valence electrons. The van der Waals surface area contributed by atoms with Gasteiger partial charge in [0.05, 0.1) is 89.2 Å². The van der Waals surface area contributed by atoms with Crippen LogP contribution in [0.5, 0.6) is 0 Å². The number of fused-ring (bicyclic) bond motifs is 24. The van der Waals surface area contributed by atoms with Crippen molar-refractivity contribution in [3.63, 3.8) is 0 Å². The van der Waals surface area contributed by atoms with E-state index in [9.17, 15) is 0 Å². The first kappa shape index (κ1) is 86.4. The lowest BCUT2D eigenvalue weighted by atomic mass is 9.96. The van der Waals surface area contributed by atoms with Crippen LogP contribution in [0.2, 0.25) is 0 Å². The summed E-state index contributed by atoms with van der Waals surface area (Å²) in [7, 11) is 0. The minimum atomic E-state index is 0.544. The van der Waals surface area contributed by atoms with E-state index in [1.165, 1.54) is 64.6 Å². The van der Waals surface area contributed by atoms with E-state index in [0.717, 1.165) is 204 Å². The van der Waals surface area contributed by atoms with Crippen LogP contribution in [0.3, 0.4) is 0 Å². The van der Waals surface area contributed by atoms with E-state index in [0.29, 0.717) is 23.2 Å². The zero-order valence-electron chi connectivity index (χ0n) is 79.8. The highest BCUT2D eigenvalue weighted by Crippen LogP contribution is 2.43. The van der Waals surface area contributed by atoms with Crippen molar-refractivity contribution in [2.24, 2.45) is 0 Å². The number of aromatic nitrogens is 16. The maximum absolute atomic E-state index is 5.15. The minimum Gasteiger partial charge on any atom is -0.292 e. The lowest BCUT2D eigenvalue weighted by Crippen LogP contribution is -2.01. The van der Waals surface area contributed by atoms with E-state index in [1.807, 2.05) is 183 Å². The Morgan fingerprint density at radius 2 is 0.544 bits per heavy atom. The minimum absolute atomic E-state index is 0.544. The van der Waals surface area contributed by atoms with Gasteiger partial charge in [-0.15, -0.1) is 0 Å². The van der Waals surface area contributed by atoms with Gasteiger partial charge >= 0.3 is 0 Å². The second kappa shape index (κ2) is 36.5. The molecule has 16 heteroatoms. The summed E-state index contributed by atoms with van der Waals surface area (Å²) < 4.78 is 2.23. The van der Waals surface area contributed by atoms with E-state index in [4.69, 9.17) is 44.9 Å². The van der Waals surface area contributed by atoms with Crippen LogP contribution in [0.25, 0.3) is 292 Å². The summed E-state index contributed by atoms with van der Waals surface area (Å²) >= 11 is 0. The van der Waals surface area contributed by atoms with E-state index in [1.54, 1.807) is 6.20 Å². The molecule has 0 atom stereocenters. The number of rotatable bonds is 9. The van der Waals surface area contributed by atoms with Crippen molar-refractivity contribution in [1.29, 1.82) is 0 Å². The molecule has 31 rings (SSSR count). The van der Waals surface area contributed by atoms with Crippen LogP contribution >= 0.6 is 0 Å². The Balaban J connectivity index is 0.0000000962. The Morgan fingerprint density at radius 1 is 0.154 bits per heavy atom. The highest BCUT2D eigenvalue weighted by molar-refractivity contribution is 6.26. The topological polar surface area (TPSA) is 198 Å². The number of para-hydroxylation sites is 3. The standard InChI is InChI=1S/C39H24N4.C35H21N5.C30H18N4.C29H17N3/c1-2-8-31(9-3-1)43-38-11-5-4-10-35(38)42-39(43)26-14-12-25(13-15-26)34-19-18-30-22-28-17-16-27-21-29-7-6-20-40-36(29)23-32(27)33(28)24-37(30)41-34;1-3-8-22(9-4-1)33-38-34(23-10-5-2-6-11-23)40-35(39-33)30-16-15-27-19-25-14-13-24-18-26-12-7-17-36-31(26)20-28(24)29(25)21-32(27)37-30;1-2-7-20-17-25-24(16-19(20)6-1)29-22(8-5-15-32-29)23-11-13-26(34-30(23)25)21-10-12-28(33-18-21)27-9-3-4-14-31-27;1-5-23(22-6-3-13-30-26(22)7-1)27-11-10-21-15-19-9-8-18-14-20-4-2-12-31-28(20)16-24(18)25(19)17-29(21)32-27/h1-24H;1-21H;1-18H;1-17H. The van der Waals surface area contributed by atoms with E-state index in [2.05, 4.69) is 332 Å². The molecule has 16 nitrogen and oxygen atoms in total. The van der Waals surface area contributed by atoms with Gasteiger partial charge < -0.3 is 0 Å². The fourth-order valence-electron chi connectivity index (χ4n) is 21.0. The van der Waals surface area contributed by atoms with Gasteiger partial charge in [0.2, 0.25) is 0 Å². The molecule has 0 unspecified atom stereocenters. The molecule has 0 amide bonds. The Kier molecular flexibility index (Phi) is 21.2. The van der Waals surface area contributed by atoms with Crippen LogP contribution in [-0.2, 0) is 0 Å². The normalized spacial score (nSPS) is 11.6. The highest BCUT2D eigenvalue weighted by Gasteiger charge is 2.22. The SMILES string of the molecule is c1ccc(-c2ccc(-c3ccc4c5cccnc5c5cc6ccccc6cc5c4n3)cn2)nc1.c1ccc(-c2nc(-c3ccccc3)nc(-c3ccc4cc5ccc6cc7cccnc7cc6c5cc4n3)n2)cc1.c1ccc(-n2c(-c3ccc(-c4ccc5cc6ccc7cc8cccnc8cc7c6cc5n4)cc3)nc3ccccc32)cc1.c1cnc2cc3c(ccc4cc5ccc(-c6cccc7ncccc67)nc5cc43)cc2c1. The van der Waals surface area contributed by atoms with E-state index >= 15 is 0 Å². The second-order valence-electron chi connectivity index (χ2n) is 37.4. The molecule has 0 bridgehead atoms. The van der Waals surface area contributed by atoms with Crippen LogP contribution < -0.4 is 0 Å². The molecule has 13 heterocycles. The first-order chi connectivity index (χ1) is 73.7. The maximum Gasteiger partial charge on any atom is 0.182 e. The molecule has 0 spiro atoms. The van der Waals surface area contributed by atoms with Crippen molar-refractivity contribution in [3.05, 3.63) is 486 Å². The first-order valence-electron chi connectivity index (χ1n) is 49.5. The Labute approximate surface area is 851 Å². The summed E-state index contributed by atoms with van der Waals surface area (Å²) in [6, 6.07) is 153. The Bertz CT molecular complexity index is 10800. The number of nitrogens with zero attached hydrogens (tertiary/aromatic N) is 16. The smallest absolute Gasteiger partial charge is 0.182 e. The fraction of sp³-hybridized carbons (Fsp3) is 0. The predicted octanol–water partition coefficient (Wildman–Crippen LogP) is 32.6. The van der Waals surface area contributed by atoms with Crippen molar-refractivity contribution in [3.8, 4) is 96.5 Å². The summed E-state index contributed by atoms with van der Waals surface area (Å²) in [4.78, 5) is 72.0. The Morgan fingerprint density at radius 3 is 1.09 bits per heavy atom. The summed E-state index contributed by atoms with van der Waals surface area (Å²) in [5.74, 6) is 2.71. The highest BCUT2D eigenvalue weighted by atomic mass is 15.1. The van der Waals surface area contributed by atoms with Gasteiger partial charge in [-0.1, -0.05) is 243 Å². The average Bonchev–Trinajstić information content (AvgIpc) is 1.23. The maximum atomic E-state index is 5.15. The predicted molar refractivity (Wildman–Crippen MR) is 611 cm³/mol. The average molecular weight is 1900 g/mol. The van der Waals surface area contributed by atoms with Gasteiger partial charge in [0.25, 0.3) is 0 Å². The summed E-state index contributed by atoms with van der Waals surface area (Å²) in [6.45, 7) is 0. The number of hydrogen-bond donors (Lipinski definition) is 0. The quantitative estimate of drug-likeness (QED) is 0.0976. The van der Waals surface area contributed by atoms with E-state index < -0.39 is 0 Å². The molecule has 0 aliphatic heterocycles. The van der Waals surface area contributed by atoms with Gasteiger partial charge in [-0.25, -0.2) is 39.9 Å². The number of imidazole rings is 1. The number of benzene rings is 18. The summed E-state index contributed by atoms with van der Waals surface area (Å²) in [5, 5.41) is 29.0. The first-order valence-corrected chi connectivity index (χ1v) is 49.5. The van der Waals surface area contributed by atoms with Gasteiger partial charge in [0.15, 0.2) is 17.5 Å². The molecule has 31 aromatic rings. The lowest BCUT2D eigenvalue weighted by Gasteiger charge is -2.12. The van der Waals surface area contributed by atoms with Crippen LogP contribution in [0.4, 0.5) is 0 Å². The van der Waals surface area contributed by atoms with Crippen LogP contribution in [0, 0.1) is 0 Å². The zero-order valence-corrected chi connectivity index (χ0v) is 79.8. The van der Waals surface area contributed by atoms with Crippen molar-refractivity contribution in [1.82, 2.24) is 79.3 Å². The third kappa shape index (κ3) is 16.1. The summed E-state index contributed by atoms with van der Waals surface area (Å²) in [5.41, 5.74) is 23.3. The van der Waals surface area contributed by atoms with Crippen LogP contribution in [0.15, 0.2) is 486 Å². The Hall–Kier alpha value is -20.5. The van der Waals surface area contributed by atoms with Gasteiger partial charge in [-0.3, -0.25) is 39.5 Å². The molecule has 0 N–H and O–H groups in total. The number of pyridine rings is 11. The van der Waals surface area contributed by atoms with Crippen molar-refractivity contribution in [2.75, 3.05) is 0 Å². The van der Waals surface area contributed by atoms with Crippen molar-refractivity contribution in [2.45, 2.75) is 0 Å². The molecule has 18 aromatic carbocycles. The second-order valence-corrected chi connectivity index (χ2v) is 37.4. The molecule has 0 saturated heterocycles. The van der Waals surface area contributed by atoms with Gasteiger partial charge in [0.1, 0.15) is 11.5 Å². The zero-order chi connectivity index (χ0) is 98.4. The lowest BCUT2D eigenvalue weighted by molar-refractivity contribution is 1.06. The van der Waals surface area contributed by atoms with Crippen molar-refractivity contribution >= 4 is 195 Å². The molecular weight excluding hydrogens is 1820 g/mol. The van der Waals surface area contributed by atoms with Crippen molar-refractivity contribution < 1.29 is 0 Å². The van der Waals surface area contributed by atoms with Gasteiger partial charge in [-0.2, -0.15) is 0 Å². The fourth-order valence-corrected chi connectivity index (χ4v) is 21.0.